The molecule has 1 aliphatic rings. The number of methoxy groups -OCH3 is 1. The fourth-order valence-corrected chi connectivity index (χ4v) is 1.66. The normalized spacial score (nSPS) is 15.9. The number of hydrogen-bond acceptors (Lipinski definition) is 4. The summed E-state index contributed by atoms with van der Waals surface area (Å²) in [4.78, 5) is 27.1. The van der Waals surface area contributed by atoms with Gasteiger partial charge in [0.1, 0.15) is 11.1 Å². The standard InChI is InChI=1S/C12H14N2O4/c1-7-3-4-8(10(13-7)18-2)9(15)14-12(5-6-12)11(16)17/h3-4H,5-6H2,1-2H3,(H,14,15)(H,16,17). The predicted octanol–water partition coefficient (Wildman–Crippen LogP) is 0.746. The molecule has 0 spiro atoms. The smallest absolute Gasteiger partial charge is 0.329 e. The lowest BCUT2D eigenvalue weighted by molar-refractivity contribution is -0.140. The zero-order valence-electron chi connectivity index (χ0n) is 10.2. The monoisotopic (exact) mass is 250 g/mol. The highest BCUT2D eigenvalue weighted by molar-refractivity contribution is 6.00. The van der Waals surface area contributed by atoms with Gasteiger partial charge >= 0.3 is 5.97 Å². The van der Waals surface area contributed by atoms with Gasteiger partial charge in [0.05, 0.1) is 7.11 Å². The van der Waals surface area contributed by atoms with Crippen molar-refractivity contribution in [3.63, 3.8) is 0 Å². The molecule has 0 aliphatic heterocycles. The third-order valence-corrected chi connectivity index (χ3v) is 2.95. The van der Waals surface area contributed by atoms with Crippen molar-refractivity contribution < 1.29 is 19.4 Å². The molecule has 96 valence electrons. The summed E-state index contributed by atoms with van der Waals surface area (Å²) in [5, 5.41) is 11.5. The van der Waals surface area contributed by atoms with Crippen LogP contribution in [0.1, 0.15) is 28.9 Å². The highest BCUT2D eigenvalue weighted by Crippen LogP contribution is 2.36. The Morgan fingerprint density at radius 3 is 2.61 bits per heavy atom. The Hall–Kier alpha value is -2.11. The summed E-state index contributed by atoms with van der Waals surface area (Å²) in [5.41, 5.74) is -0.133. The summed E-state index contributed by atoms with van der Waals surface area (Å²) >= 11 is 0. The molecule has 1 aliphatic carbocycles. The van der Waals surface area contributed by atoms with Crippen LogP contribution in [0.4, 0.5) is 0 Å². The molecule has 1 aromatic heterocycles. The van der Waals surface area contributed by atoms with Gasteiger partial charge in [0.15, 0.2) is 0 Å². The number of nitrogens with one attached hydrogen (secondary N) is 1. The van der Waals surface area contributed by atoms with Gasteiger partial charge in [0.25, 0.3) is 5.91 Å². The molecule has 0 unspecified atom stereocenters. The number of aromatic nitrogens is 1. The molecule has 18 heavy (non-hydrogen) atoms. The van der Waals surface area contributed by atoms with E-state index >= 15 is 0 Å². The molecule has 2 rings (SSSR count). The molecule has 1 aromatic rings. The molecule has 0 aromatic carbocycles. The Morgan fingerprint density at radius 1 is 1.44 bits per heavy atom. The van der Waals surface area contributed by atoms with Gasteiger partial charge in [0, 0.05) is 5.69 Å². The number of nitrogens with zero attached hydrogens (tertiary/aromatic N) is 1. The molecule has 6 heteroatoms. The number of pyridine rings is 1. The van der Waals surface area contributed by atoms with Crippen LogP contribution in [0.2, 0.25) is 0 Å². The highest BCUT2D eigenvalue weighted by atomic mass is 16.5. The summed E-state index contributed by atoms with van der Waals surface area (Å²) in [6, 6.07) is 3.26. The van der Waals surface area contributed by atoms with Crippen LogP contribution in [-0.4, -0.2) is 34.6 Å². The van der Waals surface area contributed by atoms with E-state index in [1.54, 1.807) is 19.1 Å². The number of ether oxygens (including phenoxy) is 1. The molecule has 0 atom stereocenters. The van der Waals surface area contributed by atoms with Gasteiger partial charge in [0.2, 0.25) is 5.88 Å². The number of aryl methyl sites for hydroxylation is 1. The lowest BCUT2D eigenvalue weighted by Crippen LogP contribution is -2.43. The lowest BCUT2D eigenvalue weighted by Gasteiger charge is -2.13. The third-order valence-electron chi connectivity index (χ3n) is 2.95. The van der Waals surface area contributed by atoms with E-state index in [2.05, 4.69) is 10.3 Å². The fourth-order valence-electron chi connectivity index (χ4n) is 1.66. The molecule has 1 amide bonds. The molecule has 0 radical (unpaired) electrons. The van der Waals surface area contributed by atoms with Gasteiger partial charge in [-0.1, -0.05) is 0 Å². The van der Waals surface area contributed by atoms with Crippen LogP contribution in [0.15, 0.2) is 12.1 Å². The topological polar surface area (TPSA) is 88.5 Å². The van der Waals surface area contributed by atoms with Gasteiger partial charge < -0.3 is 15.2 Å². The van der Waals surface area contributed by atoms with E-state index in [-0.39, 0.29) is 11.4 Å². The van der Waals surface area contributed by atoms with E-state index < -0.39 is 17.4 Å². The number of carboxylic acids is 1. The summed E-state index contributed by atoms with van der Waals surface area (Å²) < 4.78 is 5.02. The lowest BCUT2D eigenvalue weighted by atomic mass is 10.2. The van der Waals surface area contributed by atoms with Crippen molar-refractivity contribution in [3.8, 4) is 5.88 Å². The zero-order chi connectivity index (χ0) is 13.3. The number of carbonyl (C=O) groups is 2. The minimum atomic E-state index is -1.10. The molecular weight excluding hydrogens is 236 g/mol. The largest absolute Gasteiger partial charge is 0.480 e. The van der Waals surface area contributed by atoms with Crippen LogP contribution in [-0.2, 0) is 4.79 Å². The predicted molar refractivity (Wildman–Crippen MR) is 62.6 cm³/mol. The third kappa shape index (κ3) is 2.13. The molecular formula is C12H14N2O4. The van der Waals surface area contributed by atoms with Crippen LogP contribution in [0, 0.1) is 6.92 Å². The first-order valence-corrected chi connectivity index (χ1v) is 5.56. The quantitative estimate of drug-likeness (QED) is 0.823. The zero-order valence-corrected chi connectivity index (χ0v) is 10.2. The Labute approximate surface area is 104 Å². The molecule has 0 saturated heterocycles. The summed E-state index contributed by atoms with van der Waals surface area (Å²) in [5.74, 6) is -1.28. The second-order valence-electron chi connectivity index (χ2n) is 4.35. The minimum Gasteiger partial charge on any atom is -0.480 e. The maximum Gasteiger partial charge on any atom is 0.329 e. The maximum absolute atomic E-state index is 12.0. The van der Waals surface area contributed by atoms with Crippen molar-refractivity contribution >= 4 is 11.9 Å². The SMILES string of the molecule is COc1nc(C)ccc1C(=O)NC1(C(=O)O)CC1. The van der Waals surface area contributed by atoms with Crippen LogP contribution in [0.3, 0.4) is 0 Å². The molecule has 1 saturated carbocycles. The van der Waals surface area contributed by atoms with Crippen LogP contribution < -0.4 is 10.1 Å². The average Bonchev–Trinajstić information content (AvgIpc) is 3.09. The maximum atomic E-state index is 12.0. The van der Waals surface area contributed by atoms with Gasteiger partial charge in [-0.25, -0.2) is 9.78 Å². The first-order valence-electron chi connectivity index (χ1n) is 5.56. The van der Waals surface area contributed by atoms with Crippen molar-refractivity contribution in [2.45, 2.75) is 25.3 Å². The second-order valence-corrected chi connectivity index (χ2v) is 4.35. The van der Waals surface area contributed by atoms with Gasteiger partial charge in [-0.05, 0) is 31.9 Å². The summed E-state index contributed by atoms with van der Waals surface area (Å²) in [6.45, 7) is 1.78. The van der Waals surface area contributed by atoms with E-state index in [4.69, 9.17) is 9.84 Å². The summed E-state index contributed by atoms with van der Waals surface area (Å²) in [7, 11) is 1.42. The first kappa shape index (κ1) is 12.3. The van der Waals surface area contributed by atoms with Crippen LogP contribution >= 0.6 is 0 Å². The van der Waals surface area contributed by atoms with Gasteiger partial charge in [-0.2, -0.15) is 0 Å². The fraction of sp³-hybridized carbons (Fsp3) is 0.417. The Bertz CT molecular complexity index is 509. The number of carboxylic acid groups (broad SMARTS) is 1. The van der Waals surface area contributed by atoms with Crippen molar-refractivity contribution in [1.29, 1.82) is 0 Å². The number of rotatable bonds is 4. The van der Waals surface area contributed by atoms with Crippen LogP contribution in [0.25, 0.3) is 0 Å². The summed E-state index contributed by atoms with van der Waals surface area (Å²) in [6.07, 6.45) is 0.908. The number of amides is 1. The number of hydrogen-bond donors (Lipinski definition) is 2. The first-order chi connectivity index (χ1) is 8.48. The Morgan fingerprint density at radius 2 is 2.11 bits per heavy atom. The Kier molecular flexibility index (Phi) is 2.94. The Balaban J connectivity index is 2.22. The molecule has 1 fully saturated rings. The van der Waals surface area contributed by atoms with E-state index in [0.717, 1.165) is 5.69 Å². The molecule has 2 N–H and O–H groups in total. The number of carbonyl (C=O) groups excluding carboxylic acids is 1. The molecule has 1 heterocycles. The average molecular weight is 250 g/mol. The van der Waals surface area contributed by atoms with Gasteiger partial charge in [-0.15, -0.1) is 0 Å². The molecule has 0 bridgehead atoms. The van der Waals surface area contributed by atoms with E-state index in [1.165, 1.54) is 7.11 Å². The minimum absolute atomic E-state index is 0.202. The van der Waals surface area contributed by atoms with Crippen molar-refractivity contribution in [2.24, 2.45) is 0 Å². The number of aliphatic carboxylic acids is 1. The van der Waals surface area contributed by atoms with Gasteiger partial charge in [-0.3, -0.25) is 4.79 Å². The van der Waals surface area contributed by atoms with Crippen molar-refractivity contribution in [1.82, 2.24) is 10.3 Å². The van der Waals surface area contributed by atoms with E-state index in [0.29, 0.717) is 12.8 Å². The molecule has 6 nitrogen and oxygen atoms in total. The highest BCUT2D eigenvalue weighted by Gasteiger charge is 2.51. The van der Waals surface area contributed by atoms with Crippen LogP contribution in [0.5, 0.6) is 5.88 Å². The van der Waals surface area contributed by atoms with E-state index in [9.17, 15) is 9.59 Å². The van der Waals surface area contributed by atoms with Crippen molar-refractivity contribution in [2.75, 3.05) is 7.11 Å². The second kappa shape index (κ2) is 4.29. The van der Waals surface area contributed by atoms with E-state index in [1.807, 2.05) is 0 Å². The van der Waals surface area contributed by atoms with Crippen molar-refractivity contribution in [3.05, 3.63) is 23.4 Å².